The summed E-state index contributed by atoms with van der Waals surface area (Å²) < 4.78 is 5.20. The zero-order valence-electron chi connectivity index (χ0n) is 10.5. The molecule has 0 aliphatic heterocycles. The summed E-state index contributed by atoms with van der Waals surface area (Å²) in [6.45, 7) is 1.83. The van der Waals surface area contributed by atoms with Crippen molar-refractivity contribution in [2.45, 2.75) is 25.8 Å². The molecule has 0 fully saturated rings. The molecule has 5 heteroatoms. The van der Waals surface area contributed by atoms with Crippen LogP contribution in [0.1, 0.15) is 31.4 Å². The minimum Gasteiger partial charge on any atom is -0.496 e. The van der Waals surface area contributed by atoms with E-state index >= 15 is 0 Å². The highest BCUT2D eigenvalue weighted by atomic mass is 16.5. The molecule has 0 radical (unpaired) electrons. The molecule has 0 saturated carbocycles. The quantitative estimate of drug-likeness (QED) is 0.807. The van der Waals surface area contributed by atoms with E-state index in [4.69, 9.17) is 9.84 Å². The smallest absolute Gasteiger partial charge is 0.303 e. The summed E-state index contributed by atoms with van der Waals surface area (Å²) in [5.74, 6) is -0.561. The Morgan fingerprint density at radius 3 is 2.61 bits per heavy atom. The van der Waals surface area contributed by atoms with Gasteiger partial charge in [0, 0.05) is 12.0 Å². The molecule has 0 saturated heterocycles. The number of carboxylic acids is 1. The summed E-state index contributed by atoms with van der Waals surface area (Å²) in [6, 6.07) is 7.16. The summed E-state index contributed by atoms with van der Waals surface area (Å²) in [6.07, 6.45) is -0.181. The zero-order valence-corrected chi connectivity index (χ0v) is 10.5. The van der Waals surface area contributed by atoms with Crippen LogP contribution in [0.25, 0.3) is 0 Å². The molecule has 98 valence electrons. The lowest BCUT2D eigenvalue weighted by molar-refractivity contribution is -0.138. The fourth-order valence-corrected chi connectivity index (χ4v) is 1.64. The number of aliphatic carboxylic acids is 1. The van der Waals surface area contributed by atoms with Crippen molar-refractivity contribution in [1.29, 1.82) is 0 Å². The Kier molecular flexibility index (Phi) is 5.17. The Morgan fingerprint density at radius 1 is 1.33 bits per heavy atom. The van der Waals surface area contributed by atoms with Crippen LogP contribution in [0.4, 0.5) is 0 Å². The third-order valence-electron chi connectivity index (χ3n) is 2.55. The zero-order chi connectivity index (χ0) is 13.5. The van der Waals surface area contributed by atoms with Gasteiger partial charge in [-0.2, -0.15) is 0 Å². The highest BCUT2D eigenvalue weighted by Crippen LogP contribution is 2.24. The second-order valence-corrected chi connectivity index (χ2v) is 3.92. The molecule has 1 amide bonds. The van der Waals surface area contributed by atoms with Gasteiger partial charge in [-0.05, 0) is 13.0 Å². The third-order valence-corrected chi connectivity index (χ3v) is 2.55. The summed E-state index contributed by atoms with van der Waals surface area (Å²) in [7, 11) is 1.57. The molecule has 0 aliphatic carbocycles. The second kappa shape index (κ2) is 6.64. The van der Waals surface area contributed by atoms with E-state index in [1.165, 1.54) is 0 Å². The van der Waals surface area contributed by atoms with Gasteiger partial charge in [-0.1, -0.05) is 18.2 Å². The Morgan fingerprint density at radius 2 is 2.00 bits per heavy atom. The van der Waals surface area contributed by atoms with E-state index in [2.05, 4.69) is 5.32 Å². The number of amides is 1. The molecular weight excluding hydrogens is 234 g/mol. The molecule has 0 bridgehead atoms. The summed E-state index contributed by atoms with van der Waals surface area (Å²) in [5, 5.41) is 11.2. The van der Waals surface area contributed by atoms with E-state index in [9.17, 15) is 9.59 Å². The van der Waals surface area contributed by atoms with Crippen molar-refractivity contribution < 1.29 is 19.4 Å². The summed E-state index contributed by atoms with van der Waals surface area (Å²) in [5.41, 5.74) is 0.865. The third kappa shape index (κ3) is 4.08. The minimum atomic E-state index is -0.977. The maximum atomic E-state index is 11.5. The van der Waals surface area contributed by atoms with Gasteiger partial charge in [0.2, 0.25) is 5.91 Å². The van der Waals surface area contributed by atoms with Gasteiger partial charge in [-0.3, -0.25) is 9.59 Å². The number of para-hydroxylation sites is 1. The summed E-state index contributed by atoms with van der Waals surface area (Å²) in [4.78, 5) is 21.9. The van der Waals surface area contributed by atoms with Crippen LogP contribution >= 0.6 is 0 Å². The number of carbonyl (C=O) groups is 2. The predicted octanol–water partition coefficient (Wildman–Crippen LogP) is 1.74. The van der Waals surface area contributed by atoms with Crippen molar-refractivity contribution in [3.63, 3.8) is 0 Å². The van der Waals surface area contributed by atoms with Crippen molar-refractivity contribution in [3.8, 4) is 5.75 Å². The maximum Gasteiger partial charge on any atom is 0.303 e. The number of hydrogen-bond acceptors (Lipinski definition) is 3. The molecule has 1 aromatic carbocycles. The second-order valence-electron chi connectivity index (χ2n) is 3.92. The van der Waals surface area contributed by atoms with E-state index in [0.29, 0.717) is 5.75 Å². The van der Waals surface area contributed by atoms with Crippen molar-refractivity contribution in [2.75, 3.05) is 7.11 Å². The fraction of sp³-hybridized carbons (Fsp3) is 0.385. The van der Waals surface area contributed by atoms with E-state index < -0.39 is 5.97 Å². The highest BCUT2D eigenvalue weighted by molar-refractivity contribution is 5.80. The van der Waals surface area contributed by atoms with Crippen molar-refractivity contribution >= 4 is 11.9 Å². The molecule has 1 atom stereocenters. The Bertz CT molecular complexity index is 431. The van der Waals surface area contributed by atoms with Crippen molar-refractivity contribution in [3.05, 3.63) is 29.8 Å². The van der Waals surface area contributed by atoms with Gasteiger partial charge < -0.3 is 15.2 Å². The van der Waals surface area contributed by atoms with Gasteiger partial charge >= 0.3 is 5.97 Å². The Hall–Kier alpha value is -2.04. The number of ether oxygens (including phenoxy) is 1. The van der Waals surface area contributed by atoms with Gasteiger partial charge in [-0.15, -0.1) is 0 Å². The van der Waals surface area contributed by atoms with Gasteiger partial charge in [-0.25, -0.2) is 0 Å². The molecule has 0 aromatic heterocycles. The first-order chi connectivity index (χ1) is 8.54. The molecule has 1 aromatic rings. The molecule has 1 rings (SSSR count). The topological polar surface area (TPSA) is 75.6 Å². The largest absolute Gasteiger partial charge is 0.496 e. The van der Waals surface area contributed by atoms with Crippen molar-refractivity contribution in [2.24, 2.45) is 0 Å². The van der Waals surface area contributed by atoms with Crippen molar-refractivity contribution in [1.82, 2.24) is 5.32 Å². The van der Waals surface area contributed by atoms with Crippen LogP contribution in [-0.4, -0.2) is 24.1 Å². The minimum absolute atomic E-state index is 0.0190. The van der Waals surface area contributed by atoms with Gasteiger partial charge in [0.1, 0.15) is 5.75 Å². The lowest BCUT2D eigenvalue weighted by Gasteiger charge is -2.16. The predicted molar refractivity (Wildman–Crippen MR) is 66.4 cm³/mol. The first-order valence-corrected chi connectivity index (χ1v) is 5.68. The van der Waals surface area contributed by atoms with Crippen LogP contribution in [0.2, 0.25) is 0 Å². The van der Waals surface area contributed by atoms with Crippen LogP contribution in [0, 0.1) is 0 Å². The van der Waals surface area contributed by atoms with Gasteiger partial charge in [0.05, 0.1) is 19.6 Å². The number of rotatable bonds is 6. The number of benzene rings is 1. The van der Waals surface area contributed by atoms with Crippen LogP contribution in [0.3, 0.4) is 0 Å². The molecule has 0 spiro atoms. The number of nitrogens with one attached hydrogen (secondary N) is 1. The monoisotopic (exact) mass is 251 g/mol. The van der Waals surface area contributed by atoms with E-state index in [0.717, 1.165) is 5.56 Å². The van der Waals surface area contributed by atoms with E-state index in [1.807, 2.05) is 31.2 Å². The first-order valence-electron chi connectivity index (χ1n) is 5.68. The highest BCUT2D eigenvalue weighted by Gasteiger charge is 2.14. The molecule has 0 aliphatic rings. The molecule has 18 heavy (non-hydrogen) atoms. The Balaban J connectivity index is 2.61. The van der Waals surface area contributed by atoms with Gasteiger partial charge in [0.25, 0.3) is 0 Å². The first kappa shape index (κ1) is 14.0. The lowest BCUT2D eigenvalue weighted by Crippen LogP contribution is -2.27. The van der Waals surface area contributed by atoms with Crippen LogP contribution < -0.4 is 10.1 Å². The molecule has 2 N–H and O–H groups in total. The normalized spacial score (nSPS) is 11.7. The van der Waals surface area contributed by atoms with Gasteiger partial charge in [0.15, 0.2) is 0 Å². The maximum absolute atomic E-state index is 11.5. The Labute approximate surface area is 106 Å². The van der Waals surface area contributed by atoms with E-state index in [1.54, 1.807) is 7.11 Å². The molecule has 0 heterocycles. The molecular formula is C13H17NO4. The number of methoxy groups -OCH3 is 1. The lowest BCUT2D eigenvalue weighted by atomic mass is 10.1. The average Bonchev–Trinajstić information content (AvgIpc) is 2.36. The standard InChI is InChI=1S/C13H17NO4/c1-9(14-12(15)7-8-13(16)17)10-5-3-4-6-11(10)18-2/h3-6,9H,7-8H2,1-2H3,(H,14,15)(H,16,17)/t9-/m1/s1. The van der Waals surface area contributed by atoms with Crippen LogP contribution in [-0.2, 0) is 9.59 Å². The number of carboxylic acid groups (broad SMARTS) is 1. The molecule has 0 unspecified atom stereocenters. The van der Waals surface area contributed by atoms with Crippen LogP contribution in [0.15, 0.2) is 24.3 Å². The SMILES string of the molecule is COc1ccccc1[C@@H](C)NC(=O)CCC(=O)O. The number of hydrogen-bond donors (Lipinski definition) is 2. The summed E-state index contributed by atoms with van der Waals surface area (Å²) >= 11 is 0. The van der Waals surface area contributed by atoms with Crippen LogP contribution in [0.5, 0.6) is 5.75 Å². The number of carbonyl (C=O) groups excluding carboxylic acids is 1. The fourth-order valence-electron chi connectivity index (χ4n) is 1.64. The molecule has 5 nitrogen and oxygen atoms in total. The average molecular weight is 251 g/mol. The van der Waals surface area contributed by atoms with E-state index in [-0.39, 0.29) is 24.8 Å².